The first-order chi connectivity index (χ1) is 17.2. The van der Waals surface area contributed by atoms with Crippen LogP contribution in [-0.2, 0) is 25.7 Å². The lowest BCUT2D eigenvalue weighted by Crippen LogP contribution is -2.27. The van der Waals surface area contributed by atoms with E-state index in [2.05, 4.69) is 60.4 Å². The fourth-order valence-electron chi connectivity index (χ4n) is 5.45. The number of likely N-dealkylation sites (tertiary alicyclic amines) is 1. The minimum Gasteiger partial charge on any atom is -0.304 e. The molecule has 1 saturated carbocycles. The van der Waals surface area contributed by atoms with E-state index in [9.17, 15) is 13.2 Å². The lowest BCUT2D eigenvalue weighted by molar-refractivity contribution is -0.140. The van der Waals surface area contributed by atoms with Crippen molar-refractivity contribution in [1.29, 1.82) is 0 Å². The zero-order chi connectivity index (χ0) is 25.2. The van der Waals surface area contributed by atoms with E-state index in [-0.39, 0.29) is 5.39 Å². The predicted octanol–water partition coefficient (Wildman–Crippen LogP) is 5.97. The first kappa shape index (κ1) is 24.4. The molecule has 2 atom stereocenters. The second-order valence-electron chi connectivity index (χ2n) is 9.67. The fraction of sp³-hybridized carbons (Fsp3) is 0.458. The number of piperidine rings is 1. The summed E-state index contributed by atoms with van der Waals surface area (Å²) >= 11 is 6.42. The monoisotopic (exact) mass is 596 g/mol. The zero-order valence-electron chi connectivity index (χ0n) is 19.7. The van der Waals surface area contributed by atoms with E-state index in [4.69, 9.17) is 0 Å². The standard InChI is InChI=1S/C24H24BrF3N6S2/c1-32-20(18-10-17-19(24(26,27)28)31-33(2)21(17)36-18)29-30-22(32)35-9-3-8-34-12-15-11-23(15,13-34)14-4-6-16(25)7-5-14/h4-7,10,15H,3,8-9,11-13H2,1-2H3/t15-,23-/m0/s1. The first-order valence-corrected chi connectivity index (χ1v) is 14.3. The topological polar surface area (TPSA) is 51.8 Å². The van der Waals surface area contributed by atoms with E-state index in [1.807, 2.05) is 11.6 Å². The minimum absolute atomic E-state index is 0.103. The third-order valence-corrected chi connectivity index (χ3v) is 10.2. The summed E-state index contributed by atoms with van der Waals surface area (Å²) in [4.78, 5) is 3.70. The smallest absolute Gasteiger partial charge is 0.304 e. The van der Waals surface area contributed by atoms with Crippen molar-refractivity contribution in [3.63, 3.8) is 0 Å². The molecule has 0 spiro atoms. The van der Waals surface area contributed by atoms with Gasteiger partial charge in [-0.3, -0.25) is 4.68 Å². The summed E-state index contributed by atoms with van der Waals surface area (Å²) in [6.45, 7) is 3.34. The molecule has 1 aliphatic carbocycles. The number of hydrogen-bond acceptors (Lipinski definition) is 6. The lowest BCUT2D eigenvalue weighted by Gasteiger charge is -2.21. The van der Waals surface area contributed by atoms with Crippen LogP contribution < -0.4 is 0 Å². The number of alkyl halides is 3. The van der Waals surface area contributed by atoms with Crippen molar-refractivity contribution in [1.82, 2.24) is 29.4 Å². The van der Waals surface area contributed by atoms with E-state index in [1.54, 1.807) is 11.8 Å². The molecule has 2 fully saturated rings. The number of benzene rings is 1. The maximum atomic E-state index is 13.3. The zero-order valence-corrected chi connectivity index (χ0v) is 22.9. The van der Waals surface area contributed by atoms with Crippen LogP contribution in [0.15, 0.2) is 40.0 Å². The molecule has 1 saturated heterocycles. The summed E-state index contributed by atoms with van der Waals surface area (Å²) in [5.41, 5.74) is 0.942. The Morgan fingerprint density at radius 1 is 1.19 bits per heavy atom. The number of rotatable bonds is 7. The van der Waals surface area contributed by atoms with E-state index in [0.717, 1.165) is 47.4 Å². The van der Waals surface area contributed by atoms with Crippen molar-refractivity contribution in [2.45, 2.75) is 29.6 Å². The Bertz CT molecular complexity index is 1430. The average Bonchev–Trinajstić information content (AvgIpc) is 3.22. The van der Waals surface area contributed by atoms with Crippen LogP contribution in [0.25, 0.3) is 20.9 Å². The van der Waals surface area contributed by atoms with Crippen molar-refractivity contribution in [2.75, 3.05) is 25.4 Å². The van der Waals surface area contributed by atoms with Gasteiger partial charge in [0.15, 0.2) is 16.7 Å². The van der Waals surface area contributed by atoms with Gasteiger partial charge >= 0.3 is 6.18 Å². The van der Waals surface area contributed by atoms with Crippen molar-refractivity contribution >= 4 is 49.2 Å². The van der Waals surface area contributed by atoms with Crippen LogP contribution in [0.2, 0.25) is 0 Å². The maximum absolute atomic E-state index is 13.3. The predicted molar refractivity (Wildman–Crippen MR) is 139 cm³/mol. The maximum Gasteiger partial charge on any atom is 0.435 e. The van der Waals surface area contributed by atoms with Crippen LogP contribution in [0.4, 0.5) is 13.2 Å². The van der Waals surface area contributed by atoms with Crippen LogP contribution in [0.1, 0.15) is 24.1 Å². The normalized spacial score (nSPS) is 22.0. The van der Waals surface area contributed by atoms with E-state index < -0.39 is 11.9 Å². The number of aryl methyl sites for hydroxylation is 1. The van der Waals surface area contributed by atoms with Crippen LogP contribution >= 0.6 is 39.0 Å². The number of halogens is 4. The Balaban J connectivity index is 1.06. The summed E-state index contributed by atoms with van der Waals surface area (Å²) in [5.74, 6) is 2.25. The molecule has 0 amide bonds. The van der Waals surface area contributed by atoms with Crippen LogP contribution in [-0.4, -0.2) is 54.8 Å². The Hall–Kier alpha value is -1.89. The molecule has 4 aromatic rings. The molecule has 0 bridgehead atoms. The van der Waals surface area contributed by atoms with Crippen LogP contribution in [0.3, 0.4) is 0 Å². The van der Waals surface area contributed by atoms with Gasteiger partial charge in [0.25, 0.3) is 0 Å². The summed E-state index contributed by atoms with van der Waals surface area (Å²) in [7, 11) is 3.39. The molecule has 1 aliphatic heterocycles. The third-order valence-electron chi connectivity index (χ3n) is 7.32. The van der Waals surface area contributed by atoms with Gasteiger partial charge < -0.3 is 9.47 Å². The molecule has 6 nitrogen and oxygen atoms in total. The number of thioether (sulfide) groups is 1. The van der Waals surface area contributed by atoms with Crippen molar-refractivity contribution in [2.24, 2.45) is 20.0 Å². The van der Waals surface area contributed by atoms with Crippen LogP contribution in [0, 0.1) is 5.92 Å². The molecule has 190 valence electrons. The molecule has 4 heterocycles. The van der Waals surface area contributed by atoms with Crippen molar-refractivity contribution in [3.8, 4) is 10.7 Å². The lowest BCUT2D eigenvalue weighted by atomic mass is 9.95. The van der Waals surface area contributed by atoms with E-state index >= 15 is 0 Å². The van der Waals surface area contributed by atoms with Gasteiger partial charge in [0.2, 0.25) is 0 Å². The summed E-state index contributed by atoms with van der Waals surface area (Å²) < 4.78 is 44.3. The van der Waals surface area contributed by atoms with Crippen molar-refractivity contribution in [3.05, 3.63) is 46.1 Å². The molecule has 0 radical (unpaired) electrons. The molecule has 3 aromatic heterocycles. The molecule has 0 N–H and O–H groups in total. The highest BCUT2D eigenvalue weighted by molar-refractivity contribution is 9.10. The summed E-state index contributed by atoms with van der Waals surface area (Å²) in [5, 5.41) is 13.1. The molecule has 6 rings (SSSR count). The highest BCUT2D eigenvalue weighted by Gasteiger charge is 2.60. The second kappa shape index (κ2) is 8.85. The molecule has 36 heavy (non-hydrogen) atoms. The van der Waals surface area contributed by atoms with Gasteiger partial charge in [0, 0.05) is 48.2 Å². The molecular weight excluding hydrogens is 573 g/mol. The van der Waals surface area contributed by atoms with Gasteiger partial charge in [-0.15, -0.1) is 21.5 Å². The Labute approximate surface area is 223 Å². The number of nitrogens with zero attached hydrogens (tertiary/aromatic N) is 6. The molecule has 2 aliphatic rings. The fourth-order valence-corrected chi connectivity index (χ4v) is 7.64. The SMILES string of the molecule is Cn1c(SCCCN2C[C@@H]3C[C@@]3(c3ccc(Br)cc3)C2)nnc1-c1cc2c(C(F)(F)F)nn(C)c2s1. The number of fused-ring (bicyclic) bond motifs is 2. The largest absolute Gasteiger partial charge is 0.435 e. The van der Waals surface area contributed by atoms with Crippen LogP contribution in [0.5, 0.6) is 0 Å². The molecule has 1 aromatic carbocycles. The Kier molecular flexibility index (Phi) is 6.01. The quantitative estimate of drug-likeness (QED) is 0.194. The molecular formula is C24H24BrF3N6S2. The number of hydrogen-bond donors (Lipinski definition) is 0. The average molecular weight is 598 g/mol. The second-order valence-corrected chi connectivity index (χ2v) is 12.7. The number of aromatic nitrogens is 5. The summed E-state index contributed by atoms with van der Waals surface area (Å²) in [6, 6.07) is 10.3. The van der Waals surface area contributed by atoms with Gasteiger partial charge in [-0.2, -0.15) is 18.3 Å². The molecule has 12 heteroatoms. The Morgan fingerprint density at radius 2 is 1.97 bits per heavy atom. The first-order valence-electron chi connectivity index (χ1n) is 11.7. The minimum atomic E-state index is -4.49. The van der Waals surface area contributed by atoms with Gasteiger partial charge in [0.05, 0.1) is 4.88 Å². The highest BCUT2D eigenvalue weighted by atomic mass is 79.9. The molecule has 0 unspecified atom stereocenters. The van der Waals surface area contributed by atoms with Gasteiger partial charge in [-0.1, -0.05) is 39.8 Å². The highest BCUT2D eigenvalue weighted by Crippen LogP contribution is 2.59. The van der Waals surface area contributed by atoms with Crippen molar-refractivity contribution < 1.29 is 13.2 Å². The number of thiophene rings is 1. The van der Waals surface area contributed by atoms with E-state index in [1.165, 1.54) is 41.1 Å². The van der Waals surface area contributed by atoms with Gasteiger partial charge in [-0.05, 0) is 49.1 Å². The van der Waals surface area contributed by atoms with Gasteiger partial charge in [-0.25, -0.2) is 0 Å². The van der Waals surface area contributed by atoms with Gasteiger partial charge in [0.1, 0.15) is 4.83 Å². The Morgan fingerprint density at radius 3 is 2.72 bits per heavy atom. The summed E-state index contributed by atoms with van der Waals surface area (Å²) in [6.07, 6.45) is -2.16. The third kappa shape index (κ3) is 4.19. The van der Waals surface area contributed by atoms with E-state index in [0.29, 0.717) is 20.9 Å².